The third-order valence-electron chi connectivity index (χ3n) is 6.58. The molecule has 12 heteroatoms. The van der Waals surface area contributed by atoms with E-state index >= 15 is 0 Å². The van der Waals surface area contributed by atoms with Gasteiger partial charge >= 0.3 is 0 Å². The lowest BCUT2D eigenvalue weighted by atomic mass is 10.1. The van der Waals surface area contributed by atoms with Gasteiger partial charge < -0.3 is 15.0 Å². The molecule has 1 N–H and O–H groups in total. The molecule has 0 fully saturated rings. The van der Waals surface area contributed by atoms with Gasteiger partial charge in [0, 0.05) is 17.0 Å². The number of para-hydroxylation sites is 2. The van der Waals surface area contributed by atoms with Gasteiger partial charge in [-0.05, 0) is 94.5 Å². The number of anilines is 1. The molecule has 44 heavy (non-hydrogen) atoms. The number of nitrogens with one attached hydrogen (secondary N) is 1. The Balaban J connectivity index is 2.14. The molecule has 0 spiro atoms. The van der Waals surface area contributed by atoms with E-state index in [1.807, 2.05) is 27.0 Å². The number of hydrogen-bond acceptors (Lipinski definition) is 6. The van der Waals surface area contributed by atoms with Crippen LogP contribution in [0.3, 0.4) is 0 Å². The van der Waals surface area contributed by atoms with Crippen LogP contribution in [0.5, 0.6) is 5.75 Å². The van der Waals surface area contributed by atoms with Crippen LogP contribution >= 0.6 is 35.0 Å². The van der Waals surface area contributed by atoms with E-state index < -0.39 is 34.1 Å². The predicted molar refractivity (Wildman–Crippen MR) is 179 cm³/mol. The van der Waals surface area contributed by atoms with Crippen LogP contribution in [0.4, 0.5) is 5.69 Å². The lowest BCUT2D eigenvalue weighted by molar-refractivity contribution is -0.141. The molecule has 0 aliphatic heterocycles. The molecule has 0 aliphatic rings. The SMILES string of the molecule is CCOc1ccccc1N(CC(=O)N(Cc1ccc(Cl)c(Cl)c1)C(CC)C(=O)NC(C)(C)C)S(=O)(=O)c1ccc(SC)cc1. The second-order valence-corrected chi connectivity index (χ2v) is 14.6. The fourth-order valence-electron chi connectivity index (χ4n) is 4.54. The largest absolute Gasteiger partial charge is 0.492 e. The number of amides is 2. The number of hydrogen-bond donors (Lipinski definition) is 1. The first-order chi connectivity index (χ1) is 20.7. The van der Waals surface area contributed by atoms with Crippen LogP contribution in [-0.2, 0) is 26.2 Å². The zero-order valence-corrected chi connectivity index (χ0v) is 28.9. The molecule has 0 bridgehead atoms. The van der Waals surface area contributed by atoms with Crippen molar-refractivity contribution >= 4 is 62.5 Å². The Hall–Kier alpha value is -2.92. The van der Waals surface area contributed by atoms with Crippen LogP contribution in [0.2, 0.25) is 10.0 Å². The average molecular weight is 681 g/mol. The van der Waals surface area contributed by atoms with Crippen molar-refractivity contribution in [3.8, 4) is 5.75 Å². The minimum absolute atomic E-state index is 0.00476. The van der Waals surface area contributed by atoms with Crippen molar-refractivity contribution in [2.24, 2.45) is 0 Å². The molecule has 3 aromatic carbocycles. The standard InChI is InChI=1S/C32H39Cl2N3O5S2/c1-7-27(31(39)35-32(3,4)5)36(20-22-13-18-25(33)26(34)19-22)30(38)21-37(28-11-9-10-12-29(28)42-8-2)44(40,41)24-16-14-23(43-6)15-17-24/h9-19,27H,7-8,20-21H2,1-6H3,(H,35,39). The first kappa shape index (κ1) is 35.6. The molecule has 0 saturated carbocycles. The summed E-state index contributed by atoms with van der Waals surface area (Å²) >= 11 is 13.9. The monoisotopic (exact) mass is 679 g/mol. The highest BCUT2D eigenvalue weighted by molar-refractivity contribution is 7.98. The highest BCUT2D eigenvalue weighted by atomic mass is 35.5. The summed E-state index contributed by atoms with van der Waals surface area (Å²) in [5.41, 5.74) is 0.280. The van der Waals surface area contributed by atoms with E-state index in [4.69, 9.17) is 27.9 Å². The van der Waals surface area contributed by atoms with Crippen LogP contribution in [0, 0.1) is 0 Å². The second kappa shape index (κ2) is 15.4. The molecule has 2 amide bonds. The van der Waals surface area contributed by atoms with Crippen molar-refractivity contribution in [1.82, 2.24) is 10.2 Å². The van der Waals surface area contributed by atoms with E-state index in [0.29, 0.717) is 21.4 Å². The van der Waals surface area contributed by atoms with E-state index in [0.717, 1.165) is 9.20 Å². The van der Waals surface area contributed by atoms with E-state index in [-0.39, 0.29) is 36.1 Å². The number of rotatable bonds is 13. The Kier molecular flexibility index (Phi) is 12.4. The summed E-state index contributed by atoms with van der Waals surface area (Å²) in [7, 11) is -4.26. The lowest BCUT2D eigenvalue weighted by Gasteiger charge is -2.35. The number of ether oxygens (including phenoxy) is 1. The molecule has 8 nitrogen and oxygen atoms in total. The topological polar surface area (TPSA) is 96.0 Å². The van der Waals surface area contributed by atoms with Crippen molar-refractivity contribution in [1.29, 1.82) is 0 Å². The van der Waals surface area contributed by atoms with Crippen LogP contribution in [-0.4, -0.2) is 56.1 Å². The van der Waals surface area contributed by atoms with Gasteiger partial charge in [-0.15, -0.1) is 11.8 Å². The summed E-state index contributed by atoms with van der Waals surface area (Å²) in [4.78, 5) is 30.2. The third-order valence-corrected chi connectivity index (χ3v) is 9.84. The van der Waals surface area contributed by atoms with Crippen LogP contribution < -0.4 is 14.4 Å². The molecule has 1 unspecified atom stereocenters. The summed E-state index contributed by atoms with van der Waals surface area (Å²) in [5, 5.41) is 3.60. The zero-order valence-electron chi connectivity index (χ0n) is 25.8. The maximum absolute atomic E-state index is 14.3. The smallest absolute Gasteiger partial charge is 0.264 e. The molecule has 238 valence electrons. The summed E-state index contributed by atoms with van der Waals surface area (Å²) < 4.78 is 35.3. The van der Waals surface area contributed by atoms with E-state index in [9.17, 15) is 18.0 Å². The molecule has 1 atom stereocenters. The number of carbonyl (C=O) groups excluding carboxylic acids is 2. The van der Waals surface area contributed by atoms with Gasteiger partial charge in [-0.2, -0.15) is 0 Å². The van der Waals surface area contributed by atoms with Crippen LogP contribution in [0.15, 0.2) is 76.5 Å². The normalized spacial score (nSPS) is 12.4. The molecular formula is C32H39Cl2N3O5S2. The third kappa shape index (κ3) is 9.06. The molecular weight excluding hydrogens is 641 g/mol. The van der Waals surface area contributed by atoms with E-state index in [1.54, 1.807) is 68.4 Å². The van der Waals surface area contributed by atoms with Crippen molar-refractivity contribution in [3.63, 3.8) is 0 Å². The molecule has 0 heterocycles. The number of thioether (sulfide) groups is 1. The van der Waals surface area contributed by atoms with Gasteiger partial charge in [0.1, 0.15) is 18.3 Å². The van der Waals surface area contributed by atoms with Gasteiger partial charge in [0.2, 0.25) is 11.8 Å². The summed E-state index contributed by atoms with van der Waals surface area (Å²) in [6.07, 6.45) is 2.18. The first-order valence-electron chi connectivity index (χ1n) is 14.2. The number of nitrogens with zero attached hydrogens (tertiary/aromatic N) is 2. The Bertz CT molecular complexity index is 1560. The van der Waals surface area contributed by atoms with Gasteiger partial charge in [-0.1, -0.05) is 48.3 Å². The predicted octanol–water partition coefficient (Wildman–Crippen LogP) is 7.03. The minimum Gasteiger partial charge on any atom is -0.492 e. The van der Waals surface area contributed by atoms with Gasteiger partial charge in [0.05, 0.1) is 27.2 Å². The zero-order chi connectivity index (χ0) is 32.7. The lowest BCUT2D eigenvalue weighted by Crippen LogP contribution is -2.55. The van der Waals surface area contributed by atoms with Crippen molar-refractivity contribution in [2.45, 2.75) is 69.0 Å². The van der Waals surface area contributed by atoms with Crippen LogP contribution in [0.25, 0.3) is 0 Å². The average Bonchev–Trinajstić information content (AvgIpc) is 2.97. The molecule has 0 aromatic heterocycles. The Labute approximate surface area is 275 Å². The first-order valence-corrected chi connectivity index (χ1v) is 17.6. The highest BCUT2D eigenvalue weighted by Gasteiger charge is 2.35. The Morgan fingerprint density at radius 2 is 1.64 bits per heavy atom. The van der Waals surface area contributed by atoms with Crippen molar-refractivity contribution in [2.75, 3.05) is 23.7 Å². The van der Waals surface area contributed by atoms with Gasteiger partial charge in [0.15, 0.2) is 0 Å². The number of carbonyl (C=O) groups is 2. The maximum Gasteiger partial charge on any atom is 0.264 e. The van der Waals surface area contributed by atoms with Gasteiger partial charge in [0.25, 0.3) is 10.0 Å². The van der Waals surface area contributed by atoms with E-state index in [2.05, 4.69) is 5.32 Å². The Morgan fingerprint density at radius 1 is 0.977 bits per heavy atom. The highest BCUT2D eigenvalue weighted by Crippen LogP contribution is 2.33. The molecule has 0 aliphatic carbocycles. The summed E-state index contributed by atoms with van der Waals surface area (Å²) in [6, 6.07) is 17.2. The van der Waals surface area contributed by atoms with Crippen molar-refractivity contribution < 1.29 is 22.7 Å². The summed E-state index contributed by atoms with van der Waals surface area (Å²) in [6.45, 7) is 8.84. The molecule has 0 radical (unpaired) electrons. The fraction of sp³-hybridized carbons (Fsp3) is 0.375. The fourth-order valence-corrected chi connectivity index (χ4v) is 6.69. The molecule has 0 saturated heterocycles. The minimum atomic E-state index is -4.26. The Morgan fingerprint density at radius 3 is 2.20 bits per heavy atom. The van der Waals surface area contributed by atoms with Crippen molar-refractivity contribution in [3.05, 3.63) is 82.3 Å². The van der Waals surface area contributed by atoms with Gasteiger partial charge in [-0.25, -0.2) is 8.42 Å². The number of halogens is 2. The molecule has 3 rings (SSSR count). The number of sulfonamides is 1. The van der Waals surface area contributed by atoms with Gasteiger partial charge in [-0.3, -0.25) is 13.9 Å². The quantitative estimate of drug-likeness (QED) is 0.195. The maximum atomic E-state index is 14.3. The second-order valence-electron chi connectivity index (χ2n) is 11.0. The molecule has 3 aromatic rings. The van der Waals surface area contributed by atoms with E-state index in [1.165, 1.54) is 28.8 Å². The van der Waals surface area contributed by atoms with Crippen LogP contribution in [0.1, 0.15) is 46.6 Å². The number of benzene rings is 3. The summed E-state index contributed by atoms with van der Waals surface area (Å²) in [5.74, 6) is -0.631.